The van der Waals surface area contributed by atoms with Crippen molar-refractivity contribution in [3.63, 3.8) is 0 Å². The smallest absolute Gasteiger partial charge is 0.0939 e. The SMILES string of the molecule is CCCC(CCC)C(NC)C1CCOC2(CCOC2)C1. The van der Waals surface area contributed by atoms with Crippen LogP contribution in [0.4, 0.5) is 0 Å². The lowest BCUT2D eigenvalue weighted by Gasteiger charge is -2.42. The van der Waals surface area contributed by atoms with Crippen LogP contribution in [0.15, 0.2) is 0 Å². The fourth-order valence-electron chi connectivity index (χ4n) is 4.34. The van der Waals surface area contributed by atoms with Gasteiger partial charge in [-0.1, -0.05) is 26.7 Å². The summed E-state index contributed by atoms with van der Waals surface area (Å²) in [7, 11) is 2.15. The fraction of sp³-hybridized carbons (Fsp3) is 1.00. The van der Waals surface area contributed by atoms with E-state index in [2.05, 4.69) is 26.2 Å². The second-order valence-corrected chi connectivity index (χ2v) is 6.74. The minimum atomic E-state index is 0.0427. The molecular weight excluding hydrogens is 250 g/mol. The molecule has 0 aliphatic carbocycles. The molecule has 3 heteroatoms. The van der Waals surface area contributed by atoms with Crippen LogP contribution in [0.2, 0.25) is 0 Å². The molecule has 2 saturated heterocycles. The summed E-state index contributed by atoms with van der Waals surface area (Å²) < 4.78 is 11.7. The summed E-state index contributed by atoms with van der Waals surface area (Å²) in [6.07, 6.45) is 8.76. The third-order valence-electron chi connectivity index (χ3n) is 5.27. The summed E-state index contributed by atoms with van der Waals surface area (Å²) in [5, 5.41) is 3.65. The summed E-state index contributed by atoms with van der Waals surface area (Å²) >= 11 is 0. The molecular formula is C17H33NO2. The van der Waals surface area contributed by atoms with Gasteiger partial charge in [0.2, 0.25) is 0 Å². The van der Waals surface area contributed by atoms with Gasteiger partial charge in [-0.05, 0) is 44.6 Å². The average molecular weight is 283 g/mol. The standard InChI is InChI=1S/C17H33NO2/c1-4-6-14(7-5-2)16(18-3)15-8-10-20-17(12-15)9-11-19-13-17/h14-16,18H,4-13H2,1-3H3. The van der Waals surface area contributed by atoms with Crippen LogP contribution < -0.4 is 5.32 Å². The molecule has 2 rings (SSSR count). The quantitative estimate of drug-likeness (QED) is 0.777. The lowest BCUT2D eigenvalue weighted by Crippen LogP contribution is -2.49. The number of hydrogen-bond acceptors (Lipinski definition) is 3. The predicted octanol–water partition coefficient (Wildman–Crippen LogP) is 3.38. The van der Waals surface area contributed by atoms with Crippen LogP contribution in [-0.2, 0) is 9.47 Å². The van der Waals surface area contributed by atoms with Gasteiger partial charge in [0.1, 0.15) is 0 Å². The van der Waals surface area contributed by atoms with Crippen LogP contribution in [0.3, 0.4) is 0 Å². The third-order valence-corrected chi connectivity index (χ3v) is 5.27. The van der Waals surface area contributed by atoms with Crippen LogP contribution in [0, 0.1) is 11.8 Å². The Bertz CT molecular complexity index is 270. The molecule has 2 heterocycles. The van der Waals surface area contributed by atoms with Crippen molar-refractivity contribution >= 4 is 0 Å². The lowest BCUT2D eigenvalue weighted by molar-refractivity contribution is -0.106. The molecule has 0 bridgehead atoms. The van der Waals surface area contributed by atoms with Crippen molar-refractivity contribution in [3.8, 4) is 0 Å². The number of hydrogen-bond donors (Lipinski definition) is 1. The molecule has 0 aromatic rings. The topological polar surface area (TPSA) is 30.5 Å². The zero-order chi connectivity index (χ0) is 14.4. The molecule has 0 aromatic heterocycles. The van der Waals surface area contributed by atoms with Crippen molar-refractivity contribution < 1.29 is 9.47 Å². The average Bonchev–Trinajstić information content (AvgIpc) is 2.88. The molecule has 3 nitrogen and oxygen atoms in total. The normalized spacial score (nSPS) is 32.1. The van der Waals surface area contributed by atoms with E-state index in [0.717, 1.165) is 38.1 Å². The van der Waals surface area contributed by atoms with Gasteiger partial charge < -0.3 is 14.8 Å². The van der Waals surface area contributed by atoms with Gasteiger partial charge in [0.05, 0.1) is 12.2 Å². The molecule has 2 fully saturated rings. The van der Waals surface area contributed by atoms with Crippen molar-refractivity contribution in [2.45, 2.75) is 70.4 Å². The van der Waals surface area contributed by atoms with Crippen molar-refractivity contribution in [2.24, 2.45) is 11.8 Å². The van der Waals surface area contributed by atoms with E-state index in [1.165, 1.54) is 38.5 Å². The van der Waals surface area contributed by atoms with Crippen molar-refractivity contribution in [3.05, 3.63) is 0 Å². The maximum absolute atomic E-state index is 6.10. The highest BCUT2D eigenvalue weighted by Gasteiger charge is 2.43. The number of ether oxygens (including phenoxy) is 2. The summed E-state index contributed by atoms with van der Waals surface area (Å²) in [5.74, 6) is 1.57. The monoisotopic (exact) mass is 283 g/mol. The molecule has 3 unspecified atom stereocenters. The Hall–Kier alpha value is -0.120. The molecule has 1 spiro atoms. The molecule has 0 radical (unpaired) electrons. The highest BCUT2D eigenvalue weighted by molar-refractivity contribution is 4.95. The number of nitrogens with one attached hydrogen (secondary N) is 1. The first-order valence-electron chi connectivity index (χ1n) is 8.63. The van der Waals surface area contributed by atoms with E-state index in [9.17, 15) is 0 Å². The molecule has 2 aliphatic rings. The number of rotatable bonds is 7. The van der Waals surface area contributed by atoms with Crippen LogP contribution in [0.1, 0.15) is 58.8 Å². The Morgan fingerprint density at radius 2 is 1.95 bits per heavy atom. The summed E-state index contributed by atoms with van der Waals surface area (Å²) in [4.78, 5) is 0. The Kier molecular flexibility index (Phi) is 6.31. The van der Waals surface area contributed by atoms with Crippen LogP contribution in [-0.4, -0.2) is 38.5 Å². The van der Waals surface area contributed by atoms with E-state index in [-0.39, 0.29) is 5.60 Å². The van der Waals surface area contributed by atoms with E-state index in [0.29, 0.717) is 6.04 Å². The maximum atomic E-state index is 6.10. The molecule has 3 atom stereocenters. The van der Waals surface area contributed by atoms with E-state index < -0.39 is 0 Å². The van der Waals surface area contributed by atoms with Gasteiger partial charge in [-0.15, -0.1) is 0 Å². The van der Waals surface area contributed by atoms with Crippen LogP contribution in [0.25, 0.3) is 0 Å². The summed E-state index contributed by atoms with van der Waals surface area (Å²) in [6.45, 7) is 7.23. The Morgan fingerprint density at radius 3 is 2.50 bits per heavy atom. The Labute approximate surface area is 124 Å². The summed E-state index contributed by atoms with van der Waals surface area (Å²) in [5.41, 5.74) is 0.0427. The van der Waals surface area contributed by atoms with Gasteiger partial charge in [-0.3, -0.25) is 0 Å². The van der Waals surface area contributed by atoms with Gasteiger partial charge in [0.15, 0.2) is 0 Å². The van der Waals surface area contributed by atoms with E-state index in [4.69, 9.17) is 9.47 Å². The van der Waals surface area contributed by atoms with Crippen molar-refractivity contribution in [2.75, 3.05) is 26.9 Å². The van der Waals surface area contributed by atoms with Crippen molar-refractivity contribution in [1.82, 2.24) is 5.32 Å². The molecule has 1 N–H and O–H groups in total. The van der Waals surface area contributed by atoms with Gasteiger partial charge in [-0.2, -0.15) is 0 Å². The largest absolute Gasteiger partial charge is 0.378 e. The first-order valence-corrected chi connectivity index (χ1v) is 8.63. The molecule has 2 aliphatic heterocycles. The Balaban J connectivity index is 2.01. The van der Waals surface area contributed by atoms with Gasteiger partial charge in [0.25, 0.3) is 0 Å². The minimum Gasteiger partial charge on any atom is -0.378 e. The lowest BCUT2D eigenvalue weighted by atomic mass is 9.75. The van der Waals surface area contributed by atoms with Gasteiger partial charge >= 0.3 is 0 Å². The summed E-state index contributed by atoms with van der Waals surface area (Å²) in [6, 6.07) is 0.649. The Morgan fingerprint density at radius 1 is 1.20 bits per heavy atom. The van der Waals surface area contributed by atoms with Crippen LogP contribution >= 0.6 is 0 Å². The van der Waals surface area contributed by atoms with Gasteiger partial charge in [0, 0.05) is 25.7 Å². The minimum absolute atomic E-state index is 0.0427. The fourth-order valence-corrected chi connectivity index (χ4v) is 4.34. The molecule has 118 valence electrons. The zero-order valence-electron chi connectivity index (χ0n) is 13.6. The highest BCUT2D eigenvalue weighted by atomic mass is 16.6. The molecule has 0 amide bonds. The van der Waals surface area contributed by atoms with E-state index in [1.807, 2.05) is 0 Å². The third kappa shape index (κ3) is 3.75. The molecule has 0 aromatic carbocycles. The van der Waals surface area contributed by atoms with E-state index >= 15 is 0 Å². The van der Waals surface area contributed by atoms with Gasteiger partial charge in [-0.25, -0.2) is 0 Å². The second kappa shape index (κ2) is 7.77. The maximum Gasteiger partial charge on any atom is 0.0939 e. The van der Waals surface area contributed by atoms with Crippen LogP contribution in [0.5, 0.6) is 0 Å². The second-order valence-electron chi connectivity index (χ2n) is 6.74. The highest BCUT2D eigenvalue weighted by Crippen LogP contribution is 2.39. The predicted molar refractivity (Wildman–Crippen MR) is 83.0 cm³/mol. The van der Waals surface area contributed by atoms with E-state index in [1.54, 1.807) is 0 Å². The first kappa shape index (κ1) is 16.3. The zero-order valence-corrected chi connectivity index (χ0v) is 13.6. The van der Waals surface area contributed by atoms with Crippen molar-refractivity contribution in [1.29, 1.82) is 0 Å². The molecule has 0 saturated carbocycles. The first-order chi connectivity index (χ1) is 9.74. The molecule has 20 heavy (non-hydrogen) atoms.